The third kappa shape index (κ3) is 4.51. The first-order valence-electron chi connectivity index (χ1n) is 11.4. The predicted molar refractivity (Wildman–Crippen MR) is 124 cm³/mol. The number of likely N-dealkylation sites (tertiary alicyclic amines) is 1. The standard InChI is InChI=1S/C23H27ClN4O4S/c24-15-11-28(19-16(29)12-32-20(15)19)23(31)18(13-5-2-1-3-6-13)27-21(30)17-10-26-22(33-17)14-7-4-8-25-9-14/h4,7-10,13,15-16,18-20,29H,1-3,5-6,11-12H2,(H,27,30)/t15-,16-,18-,19+,20+/m0/s1. The topological polar surface area (TPSA) is 105 Å². The van der Waals surface area contributed by atoms with Gasteiger partial charge in [0.25, 0.3) is 5.91 Å². The molecule has 5 atom stereocenters. The van der Waals surface area contributed by atoms with E-state index in [4.69, 9.17) is 16.3 Å². The normalized spacial score (nSPS) is 28.5. The molecule has 176 valence electrons. The molecule has 2 amide bonds. The molecule has 2 aromatic heterocycles. The summed E-state index contributed by atoms with van der Waals surface area (Å²) in [5, 5.41) is 13.8. The van der Waals surface area contributed by atoms with Crippen LogP contribution in [0.5, 0.6) is 0 Å². The maximum absolute atomic E-state index is 13.7. The van der Waals surface area contributed by atoms with Gasteiger partial charge in [-0.3, -0.25) is 14.6 Å². The molecular formula is C23H27ClN4O4S. The zero-order valence-corrected chi connectivity index (χ0v) is 19.7. The minimum absolute atomic E-state index is 0.0493. The number of carbonyl (C=O) groups is 2. The Morgan fingerprint density at radius 3 is 2.85 bits per heavy atom. The van der Waals surface area contributed by atoms with E-state index in [1.54, 1.807) is 23.5 Å². The van der Waals surface area contributed by atoms with E-state index < -0.39 is 18.2 Å². The minimum Gasteiger partial charge on any atom is -0.388 e. The molecule has 8 nitrogen and oxygen atoms in total. The highest BCUT2D eigenvalue weighted by Gasteiger charge is 2.53. The molecule has 1 aliphatic carbocycles. The van der Waals surface area contributed by atoms with Gasteiger partial charge in [-0.2, -0.15) is 0 Å². The first kappa shape index (κ1) is 22.7. The third-order valence-electron chi connectivity index (χ3n) is 6.87. The molecule has 2 saturated heterocycles. The number of ether oxygens (including phenoxy) is 1. The van der Waals surface area contributed by atoms with Crippen LogP contribution in [0.3, 0.4) is 0 Å². The summed E-state index contributed by atoms with van der Waals surface area (Å²) in [4.78, 5) is 37.5. The van der Waals surface area contributed by atoms with Gasteiger partial charge in [0.15, 0.2) is 0 Å². The molecule has 2 N–H and O–H groups in total. The molecule has 0 aromatic carbocycles. The lowest BCUT2D eigenvalue weighted by Gasteiger charge is -2.35. The van der Waals surface area contributed by atoms with Gasteiger partial charge in [0.2, 0.25) is 5.91 Å². The van der Waals surface area contributed by atoms with E-state index in [-0.39, 0.29) is 35.8 Å². The highest BCUT2D eigenvalue weighted by atomic mass is 35.5. The Morgan fingerprint density at radius 1 is 1.27 bits per heavy atom. The minimum atomic E-state index is -0.769. The van der Waals surface area contributed by atoms with Crippen LogP contribution in [-0.2, 0) is 9.53 Å². The molecule has 2 aromatic rings. The van der Waals surface area contributed by atoms with Gasteiger partial charge in [-0.15, -0.1) is 22.9 Å². The van der Waals surface area contributed by atoms with Crippen LogP contribution in [0.2, 0.25) is 0 Å². The molecule has 0 bridgehead atoms. The largest absolute Gasteiger partial charge is 0.388 e. The lowest BCUT2D eigenvalue weighted by molar-refractivity contribution is -0.137. The predicted octanol–water partition coefficient (Wildman–Crippen LogP) is 2.46. The summed E-state index contributed by atoms with van der Waals surface area (Å²) in [5.41, 5.74) is 0.841. The van der Waals surface area contributed by atoms with Crippen molar-refractivity contribution in [3.05, 3.63) is 35.6 Å². The Kier molecular flexibility index (Phi) is 6.65. The summed E-state index contributed by atoms with van der Waals surface area (Å²) >= 11 is 7.72. The average molecular weight is 491 g/mol. The number of hydrogen-bond acceptors (Lipinski definition) is 7. The van der Waals surface area contributed by atoms with Crippen LogP contribution < -0.4 is 5.32 Å². The summed E-state index contributed by atoms with van der Waals surface area (Å²) in [7, 11) is 0. The number of amides is 2. The second kappa shape index (κ2) is 9.66. The quantitative estimate of drug-likeness (QED) is 0.624. The van der Waals surface area contributed by atoms with Crippen molar-refractivity contribution in [1.29, 1.82) is 0 Å². The number of aliphatic hydroxyl groups excluding tert-OH is 1. The fraction of sp³-hybridized carbons (Fsp3) is 0.565. The van der Waals surface area contributed by atoms with E-state index >= 15 is 0 Å². The monoisotopic (exact) mass is 490 g/mol. The van der Waals surface area contributed by atoms with E-state index in [1.807, 2.05) is 12.1 Å². The molecule has 5 rings (SSSR count). The van der Waals surface area contributed by atoms with Crippen LogP contribution in [0.15, 0.2) is 30.7 Å². The highest BCUT2D eigenvalue weighted by Crippen LogP contribution is 2.35. The van der Waals surface area contributed by atoms with Crippen LogP contribution in [0.25, 0.3) is 10.6 Å². The molecule has 0 unspecified atom stereocenters. The molecule has 0 spiro atoms. The number of fused-ring (bicyclic) bond motifs is 1. The number of alkyl halides is 1. The second-order valence-corrected chi connectivity index (χ2v) is 10.6. The Labute approximate surface area is 201 Å². The molecule has 3 fully saturated rings. The van der Waals surface area contributed by atoms with Gasteiger partial charge in [0.1, 0.15) is 22.0 Å². The van der Waals surface area contributed by atoms with Crippen LogP contribution in [0.1, 0.15) is 41.8 Å². The number of hydrogen-bond donors (Lipinski definition) is 2. The van der Waals surface area contributed by atoms with E-state index in [0.29, 0.717) is 16.4 Å². The molecule has 1 saturated carbocycles. The van der Waals surface area contributed by atoms with Gasteiger partial charge in [0, 0.05) is 24.5 Å². The third-order valence-corrected chi connectivity index (χ3v) is 8.30. The second-order valence-electron chi connectivity index (χ2n) is 8.98. The Morgan fingerprint density at radius 2 is 2.09 bits per heavy atom. The summed E-state index contributed by atoms with van der Waals surface area (Å²) in [6.45, 7) is 0.471. The van der Waals surface area contributed by atoms with Crippen LogP contribution >= 0.6 is 22.9 Å². The van der Waals surface area contributed by atoms with Crippen molar-refractivity contribution in [2.45, 2.75) is 61.8 Å². The maximum atomic E-state index is 13.7. The van der Waals surface area contributed by atoms with E-state index in [0.717, 1.165) is 37.7 Å². The fourth-order valence-corrected chi connectivity index (χ4v) is 6.40. The number of halogens is 1. The van der Waals surface area contributed by atoms with Crippen molar-refractivity contribution in [1.82, 2.24) is 20.2 Å². The summed E-state index contributed by atoms with van der Waals surface area (Å²) in [6, 6.07) is 2.58. The van der Waals surface area contributed by atoms with E-state index in [2.05, 4.69) is 15.3 Å². The van der Waals surface area contributed by atoms with Gasteiger partial charge < -0.3 is 20.1 Å². The van der Waals surface area contributed by atoms with Crippen LogP contribution in [0.4, 0.5) is 0 Å². The number of aromatic nitrogens is 2. The first-order valence-corrected chi connectivity index (χ1v) is 12.7. The molecule has 4 heterocycles. The Hall–Kier alpha value is -2.07. The highest BCUT2D eigenvalue weighted by molar-refractivity contribution is 7.16. The van der Waals surface area contributed by atoms with Gasteiger partial charge in [-0.1, -0.05) is 19.3 Å². The van der Waals surface area contributed by atoms with Crippen molar-refractivity contribution < 1.29 is 19.4 Å². The lowest BCUT2D eigenvalue weighted by Crippen LogP contribution is -2.55. The molecule has 10 heteroatoms. The Balaban J connectivity index is 1.36. The summed E-state index contributed by atoms with van der Waals surface area (Å²) < 4.78 is 5.63. The summed E-state index contributed by atoms with van der Waals surface area (Å²) in [5.74, 6) is -0.448. The van der Waals surface area contributed by atoms with Crippen LogP contribution in [-0.4, -0.2) is 74.6 Å². The van der Waals surface area contributed by atoms with Crippen molar-refractivity contribution in [2.75, 3.05) is 13.2 Å². The molecular weight excluding hydrogens is 464 g/mol. The lowest BCUT2D eigenvalue weighted by atomic mass is 9.83. The number of aliphatic hydroxyl groups is 1. The number of nitrogens with zero attached hydrogens (tertiary/aromatic N) is 3. The molecule has 2 aliphatic heterocycles. The molecule has 0 radical (unpaired) electrons. The van der Waals surface area contributed by atoms with E-state index in [9.17, 15) is 14.7 Å². The molecule has 33 heavy (non-hydrogen) atoms. The average Bonchev–Trinajstić information content (AvgIpc) is 3.56. The number of rotatable bonds is 5. The van der Waals surface area contributed by atoms with Gasteiger partial charge in [0.05, 0.1) is 30.3 Å². The first-order chi connectivity index (χ1) is 16.0. The van der Waals surface area contributed by atoms with Gasteiger partial charge >= 0.3 is 0 Å². The number of carbonyl (C=O) groups excluding carboxylic acids is 2. The molecule has 3 aliphatic rings. The van der Waals surface area contributed by atoms with Crippen molar-refractivity contribution >= 4 is 34.8 Å². The number of nitrogens with one attached hydrogen (secondary N) is 1. The summed E-state index contributed by atoms with van der Waals surface area (Å²) in [6.07, 6.45) is 8.75. The van der Waals surface area contributed by atoms with Crippen molar-refractivity contribution in [3.63, 3.8) is 0 Å². The van der Waals surface area contributed by atoms with Gasteiger partial charge in [-0.25, -0.2) is 4.98 Å². The SMILES string of the molecule is O=C(N[C@H](C(=O)N1C[C@H](Cl)[C@H]2OC[C@H](O)[C@H]21)C1CCCCC1)c1cnc(-c2cccnc2)s1. The van der Waals surface area contributed by atoms with Crippen LogP contribution in [0, 0.1) is 5.92 Å². The smallest absolute Gasteiger partial charge is 0.263 e. The van der Waals surface area contributed by atoms with Gasteiger partial charge in [-0.05, 0) is 30.9 Å². The number of pyridine rings is 1. The fourth-order valence-electron chi connectivity index (χ4n) is 5.22. The zero-order valence-electron chi connectivity index (χ0n) is 18.1. The Bertz CT molecular complexity index is 999. The van der Waals surface area contributed by atoms with Crippen molar-refractivity contribution in [2.24, 2.45) is 5.92 Å². The zero-order chi connectivity index (χ0) is 22.9. The van der Waals surface area contributed by atoms with Crippen molar-refractivity contribution in [3.8, 4) is 10.6 Å². The number of thiazole rings is 1. The van der Waals surface area contributed by atoms with E-state index in [1.165, 1.54) is 11.3 Å². The maximum Gasteiger partial charge on any atom is 0.263 e.